The first-order chi connectivity index (χ1) is 14.6. The Kier molecular flexibility index (Phi) is 31.4. The Morgan fingerprint density at radius 1 is 0.735 bits per heavy atom. The zero-order chi connectivity index (χ0) is 23.7. The second-order valence-electron chi connectivity index (χ2n) is 7.94. The molecule has 0 fully saturated rings. The summed E-state index contributed by atoms with van der Waals surface area (Å²) in [7, 11) is 0. The molecule has 0 aliphatic carbocycles. The first-order valence-corrected chi connectivity index (χ1v) is 11.2. The van der Waals surface area contributed by atoms with Gasteiger partial charge in [0.25, 0.3) is 0 Å². The fourth-order valence-electron chi connectivity index (χ4n) is 3.31. The average Bonchev–Trinajstić information content (AvgIpc) is 2.68. The van der Waals surface area contributed by atoms with Crippen molar-refractivity contribution in [1.82, 2.24) is 0 Å². The third kappa shape index (κ3) is 20.0. The van der Waals surface area contributed by atoms with Crippen LogP contribution in [0.5, 0.6) is 0 Å². The van der Waals surface area contributed by atoms with Crippen LogP contribution in [0.3, 0.4) is 0 Å². The van der Waals surface area contributed by atoms with E-state index in [4.69, 9.17) is 0 Å². The maximum Gasteiger partial charge on any atom is 1.00 e. The summed E-state index contributed by atoms with van der Waals surface area (Å²) in [5.41, 5.74) is -3.48. The summed E-state index contributed by atoms with van der Waals surface area (Å²) in [6.45, 7) is 2.20. The summed E-state index contributed by atoms with van der Waals surface area (Å²) in [5, 5.41) is 42.6. The quantitative estimate of drug-likeness (QED) is 0.0946. The van der Waals surface area contributed by atoms with Gasteiger partial charge in [0, 0.05) is 18.8 Å². The zero-order valence-electron chi connectivity index (χ0n) is 21.4. The monoisotopic (exact) mass is 512 g/mol. The van der Waals surface area contributed by atoms with E-state index in [1.54, 1.807) is 0 Å². The third-order valence-corrected chi connectivity index (χ3v) is 5.15. The van der Waals surface area contributed by atoms with Crippen molar-refractivity contribution < 1.29 is 133 Å². The Morgan fingerprint density at radius 2 is 1.12 bits per heavy atom. The smallest absolute Gasteiger partial charge is 0.550 e. The van der Waals surface area contributed by atoms with Crippen LogP contribution in [0.25, 0.3) is 0 Å². The van der Waals surface area contributed by atoms with Crippen LogP contribution in [0.15, 0.2) is 0 Å². The van der Waals surface area contributed by atoms with Crippen molar-refractivity contribution in [3.8, 4) is 0 Å². The van der Waals surface area contributed by atoms with Gasteiger partial charge in [0.15, 0.2) is 11.7 Å². The molecular formula is C22H35Na3O9. The largest absolute Gasteiger partial charge is 1.00 e. The number of carboxylic acid groups (broad SMARTS) is 3. The number of ether oxygens (including phenoxy) is 1. The first-order valence-electron chi connectivity index (χ1n) is 11.2. The summed E-state index contributed by atoms with van der Waals surface area (Å²) in [6, 6.07) is 0. The normalized spacial score (nSPS) is 12.6. The zero-order valence-corrected chi connectivity index (χ0v) is 27.4. The number of carboxylic acids is 3. The molecule has 9 nitrogen and oxygen atoms in total. The Hall–Kier alpha value is 0.840. The summed E-state index contributed by atoms with van der Waals surface area (Å²) < 4.78 is 4.48. The molecular weight excluding hydrogens is 477 g/mol. The molecule has 0 spiro atoms. The topological polar surface area (TPSA) is 167 Å². The van der Waals surface area contributed by atoms with Crippen LogP contribution in [0.2, 0.25) is 0 Å². The molecule has 0 heterocycles. The van der Waals surface area contributed by atoms with Crippen LogP contribution in [-0.4, -0.2) is 40.7 Å². The number of aliphatic hydroxyl groups is 1. The summed E-state index contributed by atoms with van der Waals surface area (Å²) >= 11 is 0. The van der Waals surface area contributed by atoms with Crippen molar-refractivity contribution in [1.29, 1.82) is 0 Å². The summed E-state index contributed by atoms with van der Waals surface area (Å²) in [5.74, 6) is -7.79. The van der Waals surface area contributed by atoms with Crippen molar-refractivity contribution in [3.63, 3.8) is 0 Å². The molecule has 0 bridgehead atoms. The molecule has 180 valence electrons. The van der Waals surface area contributed by atoms with E-state index in [0.717, 1.165) is 19.3 Å². The molecule has 0 aliphatic heterocycles. The molecule has 0 saturated carbocycles. The van der Waals surface area contributed by atoms with E-state index >= 15 is 0 Å². The van der Waals surface area contributed by atoms with E-state index in [1.807, 2.05) is 0 Å². The minimum atomic E-state index is -3.48. The van der Waals surface area contributed by atoms with E-state index in [2.05, 4.69) is 11.7 Å². The van der Waals surface area contributed by atoms with Gasteiger partial charge in [-0.3, -0.25) is 4.79 Å². The molecule has 0 aromatic carbocycles. The minimum absolute atomic E-state index is 0. The van der Waals surface area contributed by atoms with Gasteiger partial charge >= 0.3 is 94.6 Å². The van der Waals surface area contributed by atoms with Crippen molar-refractivity contribution in [2.24, 2.45) is 0 Å². The van der Waals surface area contributed by atoms with Gasteiger partial charge in [0.05, 0.1) is 11.9 Å². The molecule has 0 aromatic rings. The van der Waals surface area contributed by atoms with Crippen molar-refractivity contribution in [2.45, 2.75) is 115 Å². The molecule has 0 amide bonds. The standard InChI is InChI=1S/C22H38O9.3Na/c1-2-3-4-5-6-7-8-9-10-11-12-13-14-15-18(25)31-19(20(26)27)22(30,21(28)29)16-17(23)24;;;/h19,30H,2-16H2,1H3,(H,23,24)(H,26,27)(H,28,29);;;/q;3*+1/p-3. The van der Waals surface area contributed by atoms with Gasteiger partial charge in [0.2, 0.25) is 0 Å². The van der Waals surface area contributed by atoms with Crippen LogP contribution in [0.1, 0.15) is 103 Å². The van der Waals surface area contributed by atoms with Crippen molar-refractivity contribution in [3.05, 3.63) is 0 Å². The Balaban J connectivity index is -0.00000150. The van der Waals surface area contributed by atoms with Gasteiger partial charge < -0.3 is 39.5 Å². The van der Waals surface area contributed by atoms with E-state index in [0.29, 0.717) is 12.8 Å². The molecule has 1 N–H and O–H groups in total. The molecule has 2 unspecified atom stereocenters. The Bertz CT molecular complexity index is 576. The predicted molar refractivity (Wildman–Crippen MR) is 105 cm³/mol. The fourth-order valence-corrected chi connectivity index (χ4v) is 3.31. The van der Waals surface area contributed by atoms with Crippen LogP contribution < -0.4 is 104 Å². The molecule has 0 rings (SSSR count). The average molecular weight is 512 g/mol. The van der Waals surface area contributed by atoms with Gasteiger partial charge in [-0.25, -0.2) is 0 Å². The van der Waals surface area contributed by atoms with Gasteiger partial charge in [-0.1, -0.05) is 84.0 Å². The molecule has 12 heteroatoms. The molecule has 0 aromatic heterocycles. The SMILES string of the molecule is CCCCCCCCCCCCCCCC(=O)OC(C(=O)[O-])C(O)(CC(=O)[O-])C(=O)[O-].[Na+].[Na+].[Na+]. The van der Waals surface area contributed by atoms with Gasteiger partial charge in [-0.05, 0) is 6.42 Å². The number of unbranched alkanes of at least 4 members (excludes halogenated alkanes) is 12. The van der Waals surface area contributed by atoms with Gasteiger partial charge in [-0.15, -0.1) is 0 Å². The number of esters is 1. The van der Waals surface area contributed by atoms with Crippen molar-refractivity contribution in [2.75, 3.05) is 0 Å². The third-order valence-electron chi connectivity index (χ3n) is 5.15. The molecule has 34 heavy (non-hydrogen) atoms. The summed E-state index contributed by atoms with van der Waals surface area (Å²) in [6.07, 6.45) is 9.65. The molecule has 0 radical (unpaired) electrons. The second-order valence-corrected chi connectivity index (χ2v) is 7.94. The number of rotatable bonds is 20. The first kappa shape index (κ1) is 41.9. The number of carbonyl (C=O) groups is 4. The second kappa shape index (κ2) is 25.5. The Labute approximate surface area is 269 Å². The number of aliphatic carboxylic acids is 3. The molecule has 2 atom stereocenters. The fraction of sp³-hybridized carbons (Fsp3) is 0.818. The van der Waals surface area contributed by atoms with E-state index in [-0.39, 0.29) is 95.1 Å². The predicted octanol–water partition coefficient (Wildman–Crippen LogP) is -9.24. The molecule has 0 saturated heterocycles. The minimum Gasteiger partial charge on any atom is -0.550 e. The maximum absolute atomic E-state index is 11.8. The Morgan fingerprint density at radius 3 is 1.44 bits per heavy atom. The number of carbonyl (C=O) groups excluding carboxylic acids is 4. The van der Waals surface area contributed by atoms with E-state index in [1.165, 1.54) is 51.4 Å². The summed E-state index contributed by atoms with van der Waals surface area (Å²) in [4.78, 5) is 44.6. The van der Waals surface area contributed by atoms with Crippen molar-refractivity contribution >= 4 is 23.9 Å². The van der Waals surface area contributed by atoms with Crippen LogP contribution in [0, 0.1) is 0 Å². The van der Waals surface area contributed by atoms with E-state index < -0.39 is 42.0 Å². The van der Waals surface area contributed by atoms with Gasteiger partial charge in [0.1, 0.15) is 0 Å². The molecule has 0 aliphatic rings. The van der Waals surface area contributed by atoms with Crippen LogP contribution >= 0.6 is 0 Å². The van der Waals surface area contributed by atoms with E-state index in [9.17, 15) is 39.6 Å². The van der Waals surface area contributed by atoms with Crippen LogP contribution in [-0.2, 0) is 23.9 Å². The van der Waals surface area contributed by atoms with Gasteiger partial charge in [-0.2, -0.15) is 0 Å². The van der Waals surface area contributed by atoms with Crippen LogP contribution in [0.4, 0.5) is 0 Å². The number of hydrogen-bond donors (Lipinski definition) is 1. The maximum atomic E-state index is 11.8. The number of hydrogen-bond acceptors (Lipinski definition) is 9.